The topological polar surface area (TPSA) is 265 Å². The molecule has 1 aromatic rings. The molecule has 0 spiro atoms. The molecule has 1 aliphatic rings. The van der Waals surface area contributed by atoms with Crippen LogP contribution >= 0.6 is 15.6 Å². The lowest BCUT2D eigenvalue weighted by Crippen LogP contribution is -2.36. The van der Waals surface area contributed by atoms with Gasteiger partial charge in [-0.2, -0.15) is 9.29 Å². The molecule has 79 heavy (non-hydrogen) atoms. The van der Waals surface area contributed by atoms with Gasteiger partial charge in [0, 0.05) is 19.0 Å². The average Bonchev–Trinajstić information content (AvgIpc) is 3.75. The number of nitrogen functional groups attached to an aromatic ring is 1. The third-order valence-electron chi connectivity index (χ3n) is 15.2. The fourth-order valence-electron chi connectivity index (χ4n) is 9.95. The third kappa shape index (κ3) is 38.3. The number of hydrogen-bond donors (Lipinski definition) is 5. The maximum absolute atomic E-state index is 13.0. The first-order valence-electron chi connectivity index (χ1n) is 31.3. The Bertz CT molecular complexity index is 1860. The zero-order valence-electron chi connectivity index (χ0n) is 49.5. The monoisotopic (exact) mass is 1160 g/mol. The van der Waals surface area contributed by atoms with Crippen LogP contribution in [0, 0.1) is 11.8 Å². The number of carbonyl (C=O) groups excluding carboxylic acids is 2. The quantitative estimate of drug-likeness (QED) is 0.0230. The Hall–Kier alpha value is -2.24. The summed E-state index contributed by atoms with van der Waals surface area (Å²) in [5.41, 5.74) is 4.61. The van der Waals surface area contributed by atoms with Gasteiger partial charge in [-0.3, -0.25) is 23.2 Å². The van der Waals surface area contributed by atoms with E-state index in [-0.39, 0.29) is 18.7 Å². The summed E-state index contributed by atoms with van der Waals surface area (Å²) >= 11 is 0. The average molecular weight is 1160 g/mol. The Morgan fingerprint density at radius 2 is 1.01 bits per heavy atom. The van der Waals surface area contributed by atoms with E-state index in [1.165, 1.54) is 192 Å². The molecule has 4 unspecified atom stereocenters. The fraction of sp³-hybridized carbons (Fsp3) is 0.898. The molecule has 6 N–H and O–H groups in total. The van der Waals surface area contributed by atoms with Crippen LogP contribution < -0.4 is 11.4 Å². The molecule has 0 radical (unpaired) electrons. The van der Waals surface area contributed by atoms with Gasteiger partial charge in [0.1, 0.15) is 30.7 Å². The fourth-order valence-corrected chi connectivity index (χ4v) is 12.1. The molecule has 0 aliphatic carbocycles. The van der Waals surface area contributed by atoms with E-state index in [9.17, 15) is 43.5 Å². The van der Waals surface area contributed by atoms with Crippen LogP contribution in [0.15, 0.2) is 17.1 Å². The van der Waals surface area contributed by atoms with Crippen molar-refractivity contribution in [1.82, 2.24) is 9.55 Å². The van der Waals surface area contributed by atoms with Crippen LogP contribution in [0.3, 0.4) is 0 Å². The normalized spacial score (nSPS) is 18.8. The smallest absolute Gasteiger partial charge is 0.462 e. The highest BCUT2D eigenvalue weighted by atomic mass is 31.3. The predicted octanol–water partition coefficient (Wildman–Crippen LogP) is 14.7. The molecular weight excluding hydrogens is 1050 g/mol. The zero-order chi connectivity index (χ0) is 58.0. The number of aromatic nitrogens is 2. The van der Waals surface area contributed by atoms with Gasteiger partial charge in [0.25, 0.3) is 0 Å². The standard InChI is InChI=1S/C59H111N3O15P2/c1-5-50(4)41-37-33-29-25-21-17-13-8-6-7-9-15-19-23-27-31-35-39-43-55(64)75-51(46-72-54(63)42-38-34-30-26-22-18-14-11-10-12-16-20-24-28-32-36-40-49(2)3)47-73-78(68,69)77-79(70,71)74-48-52-56(65)57(66)58(76-52)62-45-44-53(60)61-59(62)67/h44-45,49-52,56-58,65-66H,5-43,46-48H2,1-4H3,(H,68,69)(H,70,71)(H2,60,61,67)/t50?,51-,52-,56+,57?,58-/m1/s1. The largest absolute Gasteiger partial charge is 0.481 e. The molecule has 20 heteroatoms. The molecule has 1 aromatic heterocycles. The van der Waals surface area contributed by atoms with Gasteiger partial charge in [-0.05, 0) is 30.7 Å². The highest BCUT2D eigenvalue weighted by Crippen LogP contribution is 2.60. The Balaban J connectivity index is 1.71. The molecule has 2 heterocycles. The van der Waals surface area contributed by atoms with Gasteiger partial charge in [0.2, 0.25) is 0 Å². The number of carbonyl (C=O) groups is 2. The first kappa shape index (κ1) is 72.9. The van der Waals surface area contributed by atoms with Crippen molar-refractivity contribution in [3.05, 3.63) is 22.7 Å². The molecule has 0 bridgehead atoms. The van der Waals surface area contributed by atoms with Gasteiger partial charge < -0.3 is 39.9 Å². The number of nitrogens with two attached hydrogens (primary N) is 1. The summed E-state index contributed by atoms with van der Waals surface area (Å²) < 4.78 is 57.2. The van der Waals surface area contributed by atoms with E-state index in [4.69, 9.17) is 29.0 Å². The van der Waals surface area contributed by atoms with E-state index in [0.29, 0.717) is 12.8 Å². The highest BCUT2D eigenvalue weighted by Gasteiger charge is 2.46. The maximum atomic E-state index is 13.0. The van der Waals surface area contributed by atoms with E-state index in [1.807, 2.05) is 0 Å². The summed E-state index contributed by atoms with van der Waals surface area (Å²) in [5, 5.41) is 21.0. The minimum absolute atomic E-state index is 0.0583. The minimum Gasteiger partial charge on any atom is -0.462 e. The highest BCUT2D eigenvalue weighted by molar-refractivity contribution is 7.61. The molecule has 1 aliphatic heterocycles. The van der Waals surface area contributed by atoms with E-state index >= 15 is 0 Å². The summed E-state index contributed by atoms with van der Waals surface area (Å²) in [6, 6.07) is 1.26. The Kier molecular flexibility index (Phi) is 41.7. The van der Waals surface area contributed by atoms with Crippen molar-refractivity contribution in [3.63, 3.8) is 0 Å². The number of aliphatic hydroxyl groups is 2. The number of phosphoric ester groups is 2. The molecule has 18 nitrogen and oxygen atoms in total. The minimum atomic E-state index is -5.43. The van der Waals surface area contributed by atoms with Gasteiger partial charge in [0.15, 0.2) is 12.3 Å². The summed E-state index contributed by atoms with van der Waals surface area (Å²) in [4.78, 5) is 62.3. The van der Waals surface area contributed by atoms with E-state index in [2.05, 4.69) is 37.0 Å². The van der Waals surface area contributed by atoms with Crippen LogP contribution in [0.2, 0.25) is 0 Å². The summed E-state index contributed by atoms with van der Waals surface area (Å²) in [6.45, 7) is 6.95. The number of esters is 2. The third-order valence-corrected chi connectivity index (χ3v) is 17.8. The van der Waals surface area contributed by atoms with E-state index in [1.54, 1.807) is 0 Å². The number of anilines is 1. The van der Waals surface area contributed by atoms with Crippen molar-refractivity contribution in [3.8, 4) is 0 Å². The summed E-state index contributed by atoms with van der Waals surface area (Å²) in [6.07, 6.45) is 38.8. The lowest BCUT2D eigenvalue weighted by Gasteiger charge is -2.21. The Morgan fingerprint density at radius 1 is 0.608 bits per heavy atom. The molecule has 0 aromatic carbocycles. The Morgan fingerprint density at radius 3 is 1.44 bits per heavy atom. The molecule has 2 rings (SSSR count). The van der Waals surface area contributed by atoms with Crippen LogP contribution in [0.25, 0.3) is 0 Å². The number of hydrogen-bond acceptors (Lipinski definition) is 15. The van der Waals surface area contributed by atoms with Crippen molar-refractivity contribution in [1.29, 1.82) is 0 Å². The zero-order valence-corrected chi connectivity index (χ0v) is 51.3. The van der Waals surface area contributed by atoms with Gasteiger partial charge in [0.05, 0.1) is 13.2 Å². The van der Waals surface area contributed by atoms with Gasteiger partial charge in [-0.15, -0.1) is 0 Å². The molecule has 0 amide bonds. The second-order valence-corrected chi connectivity index (χ2v) is 26.0. The summed E-state index contributed by atoms with van der Waals surface area (Å²) in [7, 11) is -10.8. The molecule has 1 saturated heterocycles. The van der Waals surface area contributed by atoms with Gasteiger partial charge in [-0.1, -0.05) is 252 Å². The van der Waals surface area contributed by atoms with Crippen molar-refractivity contribution in [2.75, 3.05) is 25.6 Å². The van der Waals surface area contributed by atoms with E-state index < -0.39 is 83.7 Å². The van der Waals surface area contributed by atoms with Crippen LogP contribution in [0.4, 0.5) is 5.82 Å². The number of phosphoric acid groups is 2. The van der Waals surface area contributed by atoms with Gasteiger partial charge in [-0.25, -0.2) is 13.9 Å². The second-order valence-electron chi connectivity index (χ2n) is 23.0. The number of nitrogens with zero attached hydrogens (tertiary/aromatic N) is 2. The SMILES string of the molecule is CCC(C)CCCCCCCCCCCCCCCCCCCCC(=O)O[C@H](COC(=O)CCCCCCCCCCCCCCCCCCC(C)C)COP(=O)(O)OP(=O)(O)OC[C@H]1O[C@@H](n2ccc(N)nc2=O)C(O)[C@H]1O. The van der Waals surface area contributed by atoms with Crippen molar-refractivity contribution < 1.29 is 66.3 Å². The van der Waals surface area contributed by atoms with E-state index in [0.717, 1.165) is 61.3 Å². The summed E-state index contributed by atoms with van der Waals surface area (Å²) in [5.74, 6) is 0.416. The van der Waals surface area contributed by atoms with Crippen LogP contribution in [-0.4, -0.2) is 85.7 Å². The maximum Gasteiger partial charge on any atom is 0.481 e. The number of rotatable bonds is 53. The number of ether oxygens (including phenoxy) is 3. The van der Waals surface area contributed by atoms with Crippen molar-refractivity contribution >= 4 is 33.4 Å². The lowest BCUT2D eigenvalue weighted by molar-refractivity contribution is -0.161. The molecular formula is C59H111N3O15P2. The van der Waals surface area contributed by atoms with Crippen LogP contribution in [-0.2, 0) is 46.3 Å². The predicted molar refractivity (Wildman–Crippen MR) is 312 cm³/mol. The van der Waals surface area contributed by atoms with Crippen LogP contribution in [0.5, 0.6) is 0 Å². The molecule has 8 atom stereocenters. The molecule has 0 saturated carbocycles. The number of aliphatic hydroxyl groups excluding tert-OH is 2. The first-order valence-corrected chi connectivity index (χ1v) is 34.3. The molecule has 462 valence electrons. The Labute approximate surface area is 476 Å². The van der Waals surface area contributed by atoms with Crippen LogP contribution in [0.1, 0.15) is 284 Å². The lowest BCUT2D eigenvalue weighted by atomic mass is 9.99. The van der Waals surface area contributed by atoms with Crippen molar-refractivity contribution in [2.24, 2.45) is 11.8 Å². The van der Waals surface area contributed by atoms with Gasteiger partial charge >= 0.3 is 33.3 Å². The number of unbranched alkanes of at least 4 members (excludes halogenated alkanes) is 32. The first-order chi connectivity index (χ1) is 37.9. The van der Waals surface area contributed by atoms with Crippen molar-refractivity contribution in [2.45, 2.75) is 309 Å². The molecule has 1 fully saturated rings. The second kappa shape index (κ2) is 45.2.